The molecular formula is C22H25N3O. The zero-order chi connectivity index (χ0) is 18.1. The van der Waals surface area contributed by atoms with E-state index in [0.29, 0.717) is 0 Å². The molecule has 0 fully saturated rings. The minimum absolute atomic E-state index is 0.0142. The van der Waals surface area contributed by atoms with Crippen LogP contribution in [-0.4, -0.2) is 23.5 Å². The minimum atomic E-state index is 0.0142. The Morgan fingerprint density at radius 1 is 1.12 bits per heavy atom. The summed E-state index contributed by atoms with van der Waals surface area (Å²) in [6.07, 6.45) is 4.20. The molecular weight excluding hydrogens is 322 g/mol. The van der Waals surface area contributed by atoms with Crippen molar-refractivity contribution in [1.29, 1.82) is 0 Å². The lowest BCUT2D eigenvalue weighted by Gasteiger charge is -2.25. The Bertz CT molecular complexity index is 937. The fourth-order valence-corrected chi connectivity index (χ4v) is 3.60. The van der Waals surface area contributed by atoms with E-state index >= 15 is 0 Å². The van der Waals surface area contributed by atoms with Gasteiger partial charge in [-0.1, -0.05) is 18.2 Å². The van der Waals surface area contributed by atoms with Crippen LogP contribution in [0.25, 0.3) is 10.9 Å². The fourth-order valence-electron chi connectivity index (χ4n) is 3.60. The van der Waals surface area contributed by atoms with Crippen LogP contribution in [0.15, 0.2) is 59.7 Å². The molecule has 4 heteroatoms. The molecule has 4 rings (SSSR count). The normalized spacial score (nSPS) is 15.9. The topological polar surface area (TPSA) is 40.6 Å². The van der Waals surface area contributed by atoms with E-state index in [4.69, 9.17) is 9.73 Å². The molecule has 0 saturated carbocycles. The number of methoxy groups -OCH3 is 1. The summed E-state index contributed by atoms with van der Waals surface area (Å²) in [5.41, 5.74) is 3.61. The predicted molar refractivity (Wildman–Crippen MR) is 108 cm³/mol. The van der Waals surface area contributed by atoms with Crippen molar-refractivity contribution in [2.75, 3.05) is 12.0 Å². The number of H-pyrrole nitrogens is 1. The molecule has 0 aliphatic carbocycles. The number of fused-ring (bicyclic) bond motifs is 1. The highest BCUT2D eigenvalue weighted by Gasteiger charge is 2.28. The van der Waals surface area contributed by atoms with E-state index in [2.05, 4.69) is 66.3 Å². The van der Waals surface area contributed by atoms with Gasteiger partial charge in [-0.05, 0) is 56.2 Å². The van der Waals surface area contributed by atoms with E-state index in [9.17, 15) is 0 Å². The van der Waals surface area contributed by atoms with Gasteiger partial charge in [-0.15, -0.1) is 0 Å². The van der Waals surface area contributed by atoms with Crippen molar-refractivity contribution in [2.24, 2.45) is 4.99 Å². The highest BCUT2D eigenvalue weighted by Crippen LogP contribution is 2.31. The van der Waals surface area contributed by atoms with Crippen LogP contribution in [-0.2, 0) is 6.54 Å². The summed E-state index contributed by atoms with van der Waals surface area (Å²) >= 11 is 0. The van der Waals surface area contributed by atoms with Gasteiger partial charge in [0, 0.05) is 29.2 Å². The smallest absolute Gasteiger partial charge is 0.119 e. The van der Waals surface area contributed by atoms with Crippen molar-refractivity contribution >= 4 is 22.4 Å². The molecule has 0 radical (unpaired) electrons. The molecule has 26 heavy (non-hydrogen) atoms. The molecule has 0 bridgehead atoms. The summed E-state index contributed by atoms with van der Waals surface area (Å²) in [6, 6.07) is 16.7. The van der Waals surface area contributed by atoms with Crippen LogP contribution in [0.1, 0.15) is 32.3 Å². The second-order valence-corrected chi connectivity index (χ2v) is 7.48. The van der Waals surface area contributed by atoms with Gasteiger partial charge in [-0.2, -0.15) is 0 Å². The number of anilines is 1. The average molecular weight is 347 g/mol. The van der Waals surface area contributed by atoms with Gasteiger partial charge in [0.2, 0.25) is 0 Å². The minimum Gasteiger partial charge on any atom is -0.497 e. The quantitative estimate of drug-likeness (QED) is 0.709. The fraction of sp³-hybridized carbons (Fsp3) is 0.318. The maximum absolute atomic E-state index is 5.32. The second kappa shape index (κ2) is 6.52. The molecule has 0 unspecified atom stereocenters. The van der Waals surface area contributed by atoms with Crippen LogP contribution in [0, 0.1) is 0 Å². The first kappa shape index (κ1) is 16.7. The van der Waals surface area contributed by atoms with Gasteiger partial charge in [0.15, 0.2) is 0 Å². The third-order valence-corrected chi connectivity index (χ3v) is 5.09. The molecule has 3 aromatic rings. The van der Waals surface area contributed by atoms with Crippen molar-refractivity contribution in [3.63, 3.8) is 0 Å². The van der Waals surface area contributed by atoms with Crippen molar-refractivity contribution in [3.05, 3.63) is 60.3 Å². The van der Waals surface area contributed by atoms with Crippen molar-refractivity contribution in [3.8, 4) is 5.75 Å². The highest BCUT2D eigenvalue weighted by molar-refractivity contribution is 5.99. The average Bonchev–Trinajstić information content (AvgIpc) is 3.23. The highest BCUT2D eigenvalue weighted by atomic mass is 16.5. The van der Waals surface area contributed by atoms with Gasteiger partial charge in [-0.3, -0.25) is 4.99 Å². The molecule has 2 heterocycles. The maximum atomic E-state index is 5.32. The zero-order valence-corrected chi connectivity index (χ0v) is 15.6. The number of aliphatic imine (C=N–C) groups is 1. The maximum Gasteiger partial charge on any atom is 0.119 e. The Labute approximate surface area is 154 Å². The van der Waals surface area contributed by atoms with Gasteiger partial charge in [0.1, 0.15) is 11.6 Å². The molecule has 0 saturated heterocycles. The molecule has 2 aromatic carbocycles. The summed E-state index contributed by atoms with van der Waals surface area (Å²) in [6.45, 7) is 5.21. The number of ether oxygens (including phenoxy) is 1. The summed E-state index contributed by atoms with van der Waals surface area (Å²) < 4.78 is 5.32. The molecule has 0 amide bonds. The van der Waals surface area contributed by atoms with E-state index in [0.717, 1.165) is 36.7 Å². The third kappa shape index (κ3) is 3.19. The predicted octanol–water partition coefficient (Wildman–Crippen LogP) is 5.15. The number of nitrogens with zero attached hydrogens (tertiary/aromatic N) is 2. The zero-order valence-electron chi connectivity index (χ0n) is 15.6. The first-order chi connectivity index (χ1) is 12.6. The van der Waals surface area contributed by atoms with Gasteiger partial charge >= 0.3 is 0 Å². The van der Waals surface area contributed by atoms with Gasteiger partial charge < -0.3 is 14.6 Å². The Morgan fingerprint density at radius 3 is 2.58 bits per heavy atom. The van der Waals surface area contributed by atoms with Gasteiger partial charge in [-0.25, -0.2) is 0 Å². The van der Waals surface area contributed by atoms with Crippen LogP contribution in [0.3, 0.4) is 0 Å². The molecule has 0 atom stereocenters. The van der Waals surface area contributed by atoms with Gasteiger partial charge in [0.05, 0.1) is 19.2 Å². The van der Waals surface area contributed by atoms with Crippen LogP contribution < -0.4 is 9.64 Å². The summed E-state index contributed by atoms with van der Waals surface area (Å²) in [5, 5.41) is 1.27. The molecule has 4 nitrogen and oxygen atoms in total. The molecule has 134 valence electrons. The third-order valence-electron chi connectivity index (χ3n) is 5.09. The number of rotatable bonds is 4. The number of para-hydroxylation sites is 1. The summed E-state index contributed by atoms with van der Waals surface area (Å²) in [5.74, 6) is 2.03. The Hall–Kier alpha value is -2.75. The molecule has 1 aliphatic heterocycles. The lowest BCUT2D eigenvalue weighted by atomic mass is 10.0. The number of nitrogens with one attached hydrogen (secondary N) is 1. The van der Waals surface area contributed by atoms with Crippen molar-refractivity contribution in [2.45, 2.75) is 38.8 Å². The standard InChI is InChI=1S/C22H25N3O/c1-22(2)13-12-21(24-22)25(17-8-10-18(26-3)11-9-17)15-16-14-23-20-7-5-4-6-19(16)20/h4-11,14,23H,12-13,15H2,1-3H3. The lowest BCUT2D eigenvalue weighted by molar-refractivity contribution is 0.415. The van der Waals surface area contributed by atoms with Crippen LogP contribution >= 0.6 is 0 Å². The summed E-state index contributed by atoms with van der Waals surface area (Å²) in [4.78, 5) is 10.7. The summed E-state index contributed by atoms with van der Waals surface area (Å²) in [7, 11) is 1.70. The van der Waals surface area contributed by atoms with E-state index in [-0.39, 0.29) is 5.54 Å². The number of aromatic amines is 1. The second-order valence-electron chi connectivity index (χ2n) is 7.48. The molecule has 1 aromatic heterocycles. The number of amidine groups is 1. The monoisotopic (exact) mass is 347 g/mol. The van der Waals surface area contributed by atoms with Crippen LogP contribution in [0.5, 0.6) is 5.75 Å². The van der Waals surface area contributed by atoms with Crippen LogP contribution in [0.4, 0.5) is 5.69 Å². The Balaban J connectivity index is 1.72. The number of hydrogen-bond acceptors (Lipinski definition) is 3. The largest absolute Gasteiger partial charge is 0.497 e. The van der Waals surface area contributed by atoms with Crippen molar-refractivity contribution in [1.82, 2.24) is 4.98 Å². The number of benzene rings is 2. The lowest BCUT2D eigenvalue weighted by Crippen LogP contribution is -2.29. The first-order valence-electron chi connectivity index (χ1n) is 9.11. The Morgan fingerprint density at radius 2 is 1.88 bits per heavy atom. The van der Waals surface area contributed by atoms with Crippen LogP contribution in [0.2, 0.25) is 0 Å². The van der Waals surface area contributed by atoms with E-state index in [1.165, 1.54) is 16.5 Å². The Kier molecular flexibility index (Phi) is 4.19. The SMILES string of the molecule is COc1ccc(N(Cc2c[nH]c3ccccc23)C2=NC(C)(C)CC2)cc1. The van der Waals surface area contributed by atoms with Crippen molar-refractivity contribution < 1.29 is 4.74 Å². The van der Waals surface area contributed by atoms with E-state index in [1.807, 2.05) is 12.1 Å². The van der Waals surface area contributed by atoms with Gasteiger partial charge in [0.25, 0.3) is 0 Å². The van der Waals surface area contributed by atoms with E-state index in [1.54, 1.807) is 7.11 Å². The number of hydrogen-bond donors (Lipinski definition) is 1. The molecule has 1 aliphatic rings. The molecule has 0 spiro atoms. The first-order valence-corrected chi connectivity index (χ1v) is 9.11. The number of aromatic nitrogens is 1. The molecule has 1 N–H and O–H groups in total. The van der Waals surface area contributed by atoms with E-state index < -0.39 is 0 Å².